The third-order valence-electron chi connectivity index (χ3n) is 4.49. The van der Waals surface area contributed by atoms with Crippen LogP contribution in [0.3, 0.4) is 0 Å². The number of rotatable bonds is 8. The zero-order valence-electron chi connectivity index (χ0n) is 17.4. The number of nitrogens with one attached hydrogen (secondary N) is 1. The summed E-state index contributed by atoms with van der Waals surface area (Å²) in [5.41, 5.74) is 2.26. The quantitative estimate of drug-likeness (QED) is 0.428. The number of anilines is 1. The Labute approximate surface area is 185 Å². The number of ether oxygens (including phenoxy) is 3. The molecule has 0 saturated heterocycles. The van der Waals surface area contributed by atoms with E-state index < -0.39 is 0 Å². The topological polar surface area (TPSA) is 82.6 Å². The summed E-state index contributed by atoms with van der Waals surface area (Å²) in [6, 6.07) is 27.5. The van der Waals surface area contributed by atoms with Crippen LogP contribution in [-0.4, -0.2) is 29.8 Å². The van der Waals surface area contributed by atoms with Gasteiger partial charge >= 0.3 is 0 Å². The molecule has 0 unspecified atom stereocenters. The summed E-state index contributed by atoms with van der Waals surface area (Å²) in [7, 11) is 1.54. The zero-order valence-corrected chi connectivity index (χ0v) is 17.4. The Bertz CT molecular complexity index is 1150. The molecule has 0 saturated carbocycles. The molecule has 0 atom stereocenters. The first-order valence-corrected chi connectivity index (χ1v) is 9.93. The van der Waals surface area contributed by atoms with Gasteiger partial charge in [0.2, 0.25) is 5.88 Å². The Morgan fingerprint density at radius 1 is 0.781 bits per heavy atom. The second-order valence-corrected chi connectivity index (χ2v) is 6.76. The number of carbonyl (C=O) groups is 1. The van der Waals surface area contributed by atoms with Gasteiger partial charge in [0.05, 0.1) is 12.8 Å². The van der Waals surface area contributed by atoms with Crippen LogP contribution in [0.15, 0.2) is 91.0 Å². The number of hydrogen-bond acceptors (Lipinski definition) is 6. The van der Waals surface area contributed by atoms with E-state index in [1.165, 1.54) is 0 Å². The third kappa shape index (κ3) is 5.60. The van der Waals surface area contributed by atoms with Gasteiger partial charge in [-0.05, 0) is 54.6 Å². The van der Waals surface area contributed by atoms with Gasteiger partial charge in [0, 0.05) is 17.3 Å². The number of para-hydroxylation sites is 1. The van der Waals surface area contributed by atoms with Crippen molar-refractivity contribution in [2.75, 3.05) is 19.0 Å². The lowest BCUT2D eigenvalue weighted by Gasteiger charge is -2.09. The Kier molecular flexibility index (Phi) is 6.57. The van der Waals surface area contributed by atoms with Gasteiger partial charge in [-0.15, -0.1) is 10.2 Å². The van der Waals surface area contributed by atoms with Crippen molar-refractivity contribution in [3.63, 3.8) is 0 Å². The van der Waals surface area contributed by atoms with Crippen molar-refractivity contribution in [3.8, 4) is 34.4 Å². The predicted molar refractivity (Wildman–Crippen MR) is 121 cm³/mol. The summed E-state index contributed by atoms with van der Waals surface area (Å²) in [5.74, 6) is 2.22. The first-order valence-electron chi connectivity index (χ1n) is 9.93. The lowest BCUT2D eigenvalue weighted by atomic mass is 10.1. The highest BCUT2D eigenvalue weighted by Crippen LogP contribution is 2.24. The molecule has 0 radical (unpaired) electrons. The number of hydrogen-bond donors (Lipinski definition) is 1. The van der Waals surface area contributed by atoms with Gasteiger partial charge in [-0.1, -0.05) is 30.3 Å². The summed E-state index contributed by atoms with van der Waals surface area (Å²) in [6.07, 6.45) is 0. The Hall–Kier alpha value is -4.39. The van der Waals surface area contributed by atoms with Crippen molar-refractivity contribution in [2.24, 2.45) is 0 Å². The SMILES string of the molecule is COc1ccc(-c2ccc(NC(=O)COc3ccc(Oc4ccccc4)cc3)cc2)nn1. The fraction of sp³-hybridized carbons (Fsp3) is 0.0800. The highest BCUT2D eigenvalue weighted by Gasteiger charge is 2.06. The average Bonchev–Trinajstić information content (AvgIpc) is 2.85. The largest absolute Gasteiger partial charge is 0.484 e. The molecule has 0 bridgehead atoms. The number of amides is 1. The van der Waals surface area contributed by atoms with Crippen LogP contribution < -0.4 is 19.5 Å². The molecule has 4 rings (SSSR count). The molecule has 3 aromatic carbocycles. The molecule has 0 aliphatic carbocycles. The molecule has 0 aliphatic heterocycles. The van der Waals surface area contributed by atoms with Crippen molar-refractivity contribution in [1.29, 1.82) is 0 Å². The summed E-state index contributed by atoms with van der Waals surface area (Å²) >= 11 is 0. The van der Waals surface area contributed by atoms with Crippen LogP contribution in [0.2, 0.25) is 0 Å². The fourth-order valence-corrected chi connectivity index (χ4v) is 2.88. The second-order valence-electron chi connectivity index (χ2n) is 6.76. The molecule has 1 heterocycles. The monoisotopic (exact) mass is 427 g/mol. The van der Waals surface area contributed by atoms with Crippen LogP contribution in [0.5, 0.6) is 23.1 Å². The second kappa shape index (κ2) is 10.1. The molecule has 160 valence electrons. The van der Waals surface area contributed by atoms with Crippen LogP contribution in [0, 0.1) is 0 Å². The van der Waals surface area contributed by atoms with Gasteiger partial charge in [-0.3, -0.25) is 4.79 Å². The van der Waals surface area contributed by atoms with E-state index in [4.69, 9.17) is 14.2 Å². The van der Waals surface area contributed by atoms with E-state index in [0.29, 0.717) is 28.8 Å². The number of carbonyl (C=O) groups excluding carboxylic acids is 1. The van der Waals surface area contributed by atoms with Gasteiger partial charge < -0.3 is 19.5 Å². The van der Waals surface area contributed by atoms with Crippen molar-refractivity contribution in [2.45, 2.75) is 0 Å². The minimum Gasteiger partial charge on any atom is -0.484 e. The molecule has 0 spiro atoms. The standard InChI is InChI=1S/C25H21N3O4/c1-30-25-16-15-23(27-28-25)18-7-9-19(10-8-18)26-24(29)17-31-20-11-13-22(14-12-20)32-21-5-3-2-4-6-21/h2-16H,17H2,1H3,(H,26,29). The molecule has 0 fully saturated rings. The number of benzene rings is 3. The van der Waals surface area contributed by atoms with E-state index in [-0.39, 0.29) is 12.5 Å². The van der Waals surface area contributed by atoms with E-state index in [1.807, 2.05) is 48.5 Å². The van der Waals surface area contributed by atoms with Crippen molar-refractivity contribution >= 4 is 11.6 Å². The summed E-state index contributed by atoms with van der Waals surface area (Å²) in [6.45, 7) is -0.107. The maximum atomic E-state index is 12.2. The van der Waals surface area contributed by atoms with Crippen LogP contribution in [-0.2, 0) is 4.79 Å². The van der Waals surface area contributed by atoms with Crippen molar-refractivity contribution < 1.29 is 19.0 Å². The first kappa shape index (κ1) is 20.9. The molecule has 0 aliphatic rings. The van der Waals surface area contributed by atoms with Crippen LogP contribution in [0.1, 0.15) is 0 Å². The van der Waals surface area contributed by atoms with Crippen LogP contribution >= 0.6 is 0 Å². The van der Waals surface area contributed by atoms with Crippen LogP contribution in [0.25, 0.3) is 11.3 Å². The maximum absolute atomic E-state index is 12.2. The summed E-state index contributed by atoms with van der Waals surface area (Å²) < 4.78 is 16.3. The summed E-state index contributed by atoms with van der Waals surface area (Å²) in [4.78, 5) is 12.2. The number of methoxy groups -OCH3 is 1. The third-order valence-corrected chi connectivity index (χ3v) is 4.49. The van der Waals surface area contributed by atoms with Gasteiger partial charge in [-0.2, -0.15) is 0 Å². The molecular weight excluding hydrogens is 406 g/mol. The fourth-order valence-electron chi connectivity index (χ4n) is 2.88. The molecular formula is C25H21N3O4. The van der Waals surface area contributed by atoms with Gasteiger partial charge in [0.25, 0.3) is 5.91 Å². The maximum Gasteiger partial charge on any atom is 0.262 e. The van der Waals surface area contributed by atoms with Crippen LogP contribution in [0.4, 0.5) is 5.69 Å². The molecule has 4 aromatic rings. The molecule has 1 aromatic heterocycles. The lowest BCUT2D eigenvalue weighted by molar-refractivity contribution is -0.118. The minimum absolute atomic E-state index is 0.107. The Balaban J connectivity index is 1.27. The van der Waals surface area contributed by atoms with E-state index in [9.17, 15) is 4.79 Å². The highest BCUT2D eigenvalue weighted by molar-refractivity contribution is 5.92. The molecule has 1 amide bonds. The van der Waals surface area contributed by atoms with Crippen molar-refractivity contribution in [1.82, 2.24) is 10.2 Å². The normalized spacial score (nSPS) is 10.3. The minimum atomic E-state index is -0.258. The smallest absolute Gasteiger partial charge is 0.262 e. The Morgan fingerprint density at radius 3 is 2.12 bits per heavy atom. The van der Waals surface area contributed by atoms with Gasteiger partial charge in [-0.25, -0.2) is 0 Å². The summed E-state index contributed by atoms with van der Waals surface area (Å²) in [5, 5.41) is 10.9. The van der Waals surface area contributed by atoms with E-state index in [2.05, 4.69) is 15.5 Å². The van der Waals surface area contributed by atoms with E-state index in [0.717, 1.165) is 11.3 Å². The van der Waals surface area contributed by atoms with E-state index in [1.54, 1.807) is 49.6 Å². The lowest BCUT2D eigenvalue weighted by Crippen LogP contribution is -2.20. The predicted octanol–water partition coefficient (Wildman–Crippen LogP) is 4.96. The Morgan fingerprint density at radius 2 is 1.47 bits per heavy atom. The van der Waals surface area contributed by atoms with Crippen molar-refractivity contribution in [3.05, 3.63) is 91.0 Å². The molecule has 7 nitrogen and oxygen atoms in total. The van der Waals surface area contributed by atoms with E-state index >= 15 is 0 Å². The highest BCUT2D eigenvalue weighted by atomic mass is 16.5. The average molecular weight is 427 g/mol. The molecule has 1 N–H and O–H groups in total. The number of aromatic nitrogens is 2. The molecule has 7 heteroatoms. The molecule has 32 heavy (non-hydrogen) atoms. The van der Waals surface area contributed by atoms with Gasteiger partial charge in [0.15, 0.2) is 6.61 Å². The number of nitrogens with zero attached hydrogens (tertiary/aromatic N) is 2. The zero-order chi connectivity index (χ0) is 22.2. The first-order chi connectivity index (χ1) is 15.7. The van der Waals surface area contributed by atoms with Gasteiger partial charge in [0.1, 0.15) is 17.2 Å².